The first-order valence-corrected chi connectivity index (χ1v) is 9.44. The van der Waals surface area contributed by atoms with Gasteiger partial charge in [-0.05, 0) is 42.5 Å². The van der Waals surface area contributed by atoms with E-state index in [4.69, 9.17) is 0 Å². The summed E-state index contributed by atoms with van der Waals surface area (Å²) in [6.45, 7) is 12.5. The topological polar surface area (TPSA) is 46.2 Å². The molecule has 0 atom stereocenters. The molecule has 0 radical (unpaired) electrons. The lowest BCUT2D eigenvalue weighted by Crippen LogP contribution is -2.20. The van der Waals surface area contributed by atoms with Gasteiger partial charge in [-0.3, -0.25) is 9.59 Å². The highest BCUT2D eigenvalue weighted by atomic mass is 16.1. The quantitative estimate of drug-likeness (QED) is 0.447. The highest BCUT2D eigenvalue weighted by Gasteiger charge is 2.22. The monoisotopic (exact) mass is 345 g/mol. The minimum atomic E-state index is -0.391. The number of Topliss-reactive ketones (excluding diaryl/α,β-unsaturated/α-hetero) is 1. The zero-order valence-electron chi connectivity index (χ0n) is 16.9. The number of carbonyl (C=O) groups is 2. The number of amides is 1. The third kappa shape index (κ3) is 8.85. The predicted octanol–water partition coefficient (Wildman–Crippen LogP) is 6.24. The first-order chi connectivity index (χ1) is 11.5. The van der Waals surface area contributed by atoms with E-state index in [1.807, 2.05) is 20.8 Å². The van der Waals surface area contributed by atoms with Crippen LogP contribution in [0.1, 0.15) is 90.4 Å². The fraction of sp³-hybridized carbons (Fsp3) is 0.636. The van der Waals surface area contributed by atoms with Gasteiger partial charge < -0.3 is 5.32 Å². The van der Waals surface area contributed by atoms with Gasteiger partial charge in [-0.25, -0.2) is 0 Å². The number of ketones is 1. The van der Waals surface area contributed by atoms with E-state index in [2.05, 4.69) is 26.1 Å². The van der Waals surface area contributed by atoms with Crippen molar-refractivity contribution in [3.05, 3.63) is 29.8 Å². The molecular weight excluding hydrogens is 310 g/mol. The van der Waals surface area contributed by atoms with Gasteiger partial charge in [-0.15, -0.1) is 0 Å². The molecule has 0 aromatic heterocycles. The van der Waals surface area contributed by atoms with Crippen molar-refractivity contribution in [3.63, 3.8) is 0 Å². The van der Waals surface area contributed by atoms with Gasteiger partial charge in [0.1, 0.15) is 0 Å². The fourth-order valence-electron chi connectivity index (χ4n) is 2.66. The molecule has 0 saturated carbocycles. The SMILES string of the molecule is CC(C)(C)CCCCCCC(=O)Nc1ccc(C(=O)C(C)(C)C)cc1. The molecule has 0 heterocycles. The lowest BCUT2D eigenvalue weighted by molar-refractivity contribution is -0.116. The van der Waals surface area contributed by atoms with Crippen LogP contribution in [0.4, 0.5) is 5.69 Å². The van der Waals surface area contributed by atoms with Crippen molar-refractivity contribution in [2.75, 3.05) is 5.32 Å². The Hall–Kier alpha value is -1.64. The summed E-state index contributed by atoms with van der Waals surface area (Å²) in [5.41, 5.74) is 1.45. The maximum absolute atomic E-state index is 12.2. The van der Waals surface area contributed by atoms with Crippen molar-refractivity contribution < 1.29 is 9.59 Å². The van der Waals surface area contributed by atoms with Crippen LogP contribution in [-0.2, 0) is 4.79 Å². The predicted molar refractivity (Wildman–Crippen MR) is 106 cm³/mol. The normalized spacial score (nSPS) is 12.1. The van der Waals surface area contributed by atoms with Gasteiger partial charge in [0.05, 0.1) is 0 Å². The summed E-state index contributed by atoms with van der Waals surface area (Å²) in [4.78, 5) is 24.2. The van der Waals surface area contributed by atoms with Crippen LogP contribution in [0, 0.1) is 10.8 Å². The van der Waals surface area contributed by atoms with E-state index in [1.54, 1.807) is 24.3 Å². The maximum atomic E-state index is 12.2. The van der Waals surface area contributed by atoms with E-state index >= 15 is 0 Å². The second-order valence-corrected chi connectivity index (χ2v) is 9.18. The van der Waals surface area contributed by atoms with Gasteiger partial charge in [0.25, 0.3) is 0 Å². The number of rotatable bonds is 8. The lowest BCUT2D eigenvalue weighted by Gasteiger charge is -2.17. The number of nitrogens with one attached hydrogen (secondary N) is 1. The molecule has 0 unspecified atom stereocenters. The summed E-state index contributed by atoms with van der Waals surface area (Å²) < 4.78 is 0. The molecule has 1 aromatic carbocycles. The molecular formula is C22H35NO2. The molecule has 1 rings (SSSR count). The van der Waals surface area contributed by atoms with Gasteiger partial charge in [0.15, 0.2) is 5.78 Å². The highest BCUT2D eigenvalue weighted by molar-refractivity contribution is 6.00. The molecule has 3 nitrogen and oxygen atoms in total. The van der Waals surface area contributed by atoms with Crippen LogP contribution < -0.4 is 5.32 Å². The first-order valence-electron chi connectivity index (χ1n) is 9.44. The van der Waals surface area contributed by atoms with E-state index in [-0.39, 0.29) is 11.7 Å². The van der Waals surface area contributed by atoms with Gasteiger partial charge in [-0.1, -0.05) is 60.8 Å². The Bertz CT molecular complexity index is 559. The van der Waals surface area contributed by atoms with E-state index in [1.165, 1.54) is 19.3 Å². The Balaban J connectivity index is 2.32. The molecule has 0 spiro atoms. The summed E-state index contributed by atoms with van der Waals surface area (Å²) in [7, 11) is 0. The summed E-state index contributed by atoms with van der Waals surface area (Å²) in [6, 6.07) is 7.19. The van der Waals surface area contributed by atoms with E-state index in [0.29, 0.717) is 17.4 Å². The molecule has 0 aliphatic heterocycles. The third-order valence-electron chi connectivity index (χ3n) is 4.19. The van der Waals surface area contributed by atoms with Crippen LogP contribution in [-0.4, -0.2) is 11.7 Å². The maximum Gasteiger partial charge on any atom is 0.224 e. The Morgan fingerprint density at radius 1 is 0.840 bits per heavy atom. The number of unbranched alkanes of at least 4 members (excludes halogenated alkanes) is 3. The highest BCUT2D eigenvalue weighted by Crippen LogP contribution is 2.23. The average Bonchev–Trinajstić information content (AvgIpc) is 2.49. The molecule has 3 heteroatoms. The minimum absolute atomic E-state index is 0.0470. The molecule has 140 valence electrons. The Morgan fingerprint density at radius 2 is 1.40 bits per heavy atom. The van der Waals surface area contributed by atoms with Crippen LogP contribution in [0.25, 0.3) is 0 Å². The van der Waals surface area contributed by atoms with Crippen LogP contribution >= 0.6 is 0 Å². The Labute approximate surface area is 153 Å². The molecule has 0 aliphatic rings. The van der Waals surface area contributed by atoms with Crippen molar-refractivity contribution in [2.24, 2.45) is 10.8 Å². The lowest BCUT2D eigenvalue weighted by atomic mass is 9.86. The molecule has 25 heavy (non-hydrogen) atoms. The van der Waals surface area contributed by atoms with Crippen molar-refractivity contribution in [1.29, 1.82) is 0 Å². The number of carbonyl (C=O) groups excluding carboxylic acids is 2. The second-order valence-electron chi connectivity index (χ2n) is 9.18. The standard InChI is InChI=1S/C22H35NO2/c1-21(2,3)16-10-8-7-9-11-19(24)23-18-14-12-17(13-15-18)20(25)22(4,5)6/h12-15H,7-11,16H2,1-6H3,(H,23,24). The largest absolute Gasteiger partial charge is 0.326 e. The first kappa shape index (κ1) is 21.4. The van der Waals surface area contributed by atoms with Crippen molar-refractivity contribution >= 4 is 17.4 Å². The van der Waals surface area contributed by atoms with Crippen LogP contribution in [0.15, 0.2) is 24.3 Å². The van der Waals surface area contributed by atoms with Gasteiger partial charge in [0.2, 0.25) is 5.91 Å². The zero-order chi connectivity index (χ0) is 19.1. The van der Waals surface area contributed by atoms with Gasteiger partial charge >= 0.3 is 0 Å². The molecule has 0 aliphatic carbocycles. The van der Waals surface area contributed by atoms with Crippen LogP contribution in [0.2, 0.25) is 0 Å². The van der Waals surface area contributed by atoms with Crippen LogP contribution in [0.3, 0.4) is 0 Å². The summed E-state index contributed by atoms with van der Waals surface area (Å²) in [5.74, 6) is 0.159. The number of benzene rings is 1. The molecule has 0 bridgehead atoms. The Kier molecular flexibility index (Phi) is 7.85. The molecule has 0 fully saturated rings. The third-order valence-corrected chi connectivity index (χ3v) is 4.19. The van der Waals surface area contributed by atoms with Crippen LogP contribution in [0.5, 0.6) is 0 Å². The van der Waals surface area contributed by atoms with E-state index < -0.39 is 5.41 Å². The van der Waals surface area contributed by atoms with Crippen molar-refractivity contribution in [1.82, 2.24) is 0 Å². The van der Waals surface area contributed by atoms with Gasteiger partial charge in [-0.2, -0.15) is 0 Å². The van der Waals surface area contributed by atoms with E-state index in [9.17, 15) is 9.59 Å². The fourth-order valence-corrected chi connectivity index (χ4v) is 2.66. The summed E-state index contributed by atoms with van der Waals surface area (Å²) >= 11 is 0. The molecule has 1 N–H and O–H groups in total. The second kappa shape index (κ2) is 9.17. The smallest absolute Gasteiger partial charge is 0.224 e. The minimum Gasteiger partial charge on any atom is -0.326 e. The molecule has 1 aromatic rings. The Morgan fingerprint density at radius 3 is 1.92 bits per heavy atom. The average molecular weight is 346 g/mol. The number of hydrogen-bond acceptors (Lipinski definition) is 2. The van der Waals surface area contributed by atoms with Crippen molar-refractivity contribution in [2.45, 2.75) is 80.1 Å². The molecule has 1 amide bonds. The zero-order valence-corrected chi connectivity index (χ0v) is 16.9. The molecule has 0 saturated heterocycles. The number of anilines is 1. The van der Waals surface area contributed by atoms with Gasteiger partial charge in [0, 0.05) is 23.1 Å². The van der Waals surface area contributed by atoms with Crippen molar-refractivity contribution in [3.8, 4) is 0 Å². The number of hydrogen-bond donors (Lipinski definition) is 1. The van der Waals surface area contributed by atoms with E-state index in [0.717, 1.165) is 18.5 Å². The summed E-state index contributed by atoms with van der Waals surface area (Å²) in [5, 5.41) is 2.91. The summed E-state index contributed by atoms with van der Waals surface area (Å²) in [6.07, 6.45) is 6.23.